The number of para-hydroxylation sites is 1. The quantitative estimate of drug-likeness (QED) is 0.786. The number of nitrogens with zero attached hydrogens (tertiary/aromatic N) is 2. The molecule has 7 heteroatoms. The molecule has 0 unspecified atom stereocenters. The molecule has 1 aromatic heterocycles. The van der Waals surface area contributed by atoms with E-state index in [1.807, 2.05) is 30.3 Å². The first kappa shape index (κ1) is 15.3. The maximum absolute atomic E-state index is 12.2. The van der Waals surface area contributed by atoms with Crippen molar-refractivity contribution in [2.45, 2.75) is 6.92 Å². The number of anilines is 1. The maximum atomic E-state index is 12.2. The second kappa shape index (κ2) is 6.13. The van der Waals surface area contributed by atoms with Crippen LogP contribution >= 0.6 is 0 Å². The summed E-state index contributed by atoms with van der Waals surface area (Å²) in [7, 11) is 1.58. The van der Waals surface area contributed by atoms with Gasteiger partial charge in [-0.25, -0.2) is 4.68 Å². The van der Waals surface area contributed by atoms with Crippen LogP contribution < -0.4 is 16.0 Å². The summed E-state index contributed by atoms with van der Waals surface area (Å²) < 4.78 is 3.02. The minimum atomic E-state index is -1.48. The molecule has 0 radical (unpaired) electrons. The molecule has 0 saturated carbocycles. The molecule has 1 amide bonds. The van der Waals surface area contributed by atoms with Crippen LogP contribution in [-0.2, 0) is 16.6 Å². The summed E-state index contributed by atoms with van der Waals surface area (Å²) in [4.78, 5) is 34.1. The molecule has 0 aliphatic heterocycles. The van der Waals surface area contributed by atoms with E-state index < -0.39 is 17.4 Å². The number of carboxylic acids is 1. The van der Waals surface area contributed by atoms with Crippen LogP contribution in [0.5, 0.6) is 0 Å². The molecule has 0 fully saturated rings. The monoisotopic (exact) mass is 300 g/mol. The van der Waals surface area contributed by atoms with Crippen molar-refractivity contribution >= 4 is 17.6 Å². The van der Waals surface area contributed by atoms with Gasteiger partial charge in [-0.1, -0.05) is 18.2 Å². The van der Waals surface area contributed by atoms with E-state index in [2.05, 4.69) is 5.32 Å². The van der Waals surface area contributed by atoms with Gasteiger partial charge in [-0.05, 0) is 25.1 Å². The Kier molecular flexibility index (Phi) is 4.26. The number of nitrogens with one attached hydrogen (secondary N) is 1. The van der Waals surface area contributed by atoms with Gasteiger partial charge in [0.25, 0.3) is 5.56 Å². The Balaban J connectivity index is 2.41. The number of hydrogen-bond acceptors (Lipinski definition) is 4. The lowest BCUT2D eigenvalue weighted by Crippen LogP contribution is -2.22. The summed E-state index contributed by atoms with van der Waals surface area (Å²) >= 11 is 0. The number of benzene rings is 1. The Labute approximate surface area is 126 Å². The van der Waals surface area contributed by atoms with Crippen LogP contribution in [0.2, 0.25) is 0 Å². The first-order valence-corrected chi connectivity index (χ1v) is 6.46. The fraction of sp³-hybridized carbons (Fsp3) is 0.133. The Bertz CT molecular complexity index is 800. The molecule has 0 bridgehead atoms. The molecule has 2 rings (SSSR count). The standard InChI is InChI=1S/C15H15N3O4/c1-10-14(16-12(19)8-9-13(20)21)15(22)17(2)18(10)11-6-4-3-5-7-11/h3-9H,1-2H3,(H,16,19)(H,20,21)/p-1. The van der Waals surface area contributed by atoms with E-state index in [0.29, 0.717) is 11.8 Å². The van der Waals surface area contributed by atoms with Crippen molar-refractivity contribution in [1.29, 1.82) is 0 Å². The molecule has 0 aliphatic carbocycles. The normalized spacial score (nSPS) is 10.8. The van der Waals surface area contributed by atoms with E-state index in [1.54, 1.807) is 18.7 Å². The number of aliphatic carboxylic acids is 1. The van der Waals surface area contributed by atoms with Crippen LogP contribution in [-0.4, -0.2) is 21.2 Å². The van der Waals surface area contributed by atoms with E-state index in [9.17, 15) is 19.5 Å². The molecule has 0 saturated heterocycles. The van der Waals surface area contributed by atoms with Gasteiger partial charge in [0.15, 0.2) is 0 Å². The summed E-state index contributed by atoms with van der Waals surface area (Å²) in [5, 5.41) is 12.7. The lowest BCUT2D eigenvalue weighted by atomic mass is 10.3. The number of carboxylic acid groups (broad SMARTS) is 1. The van der Waals surface area contributed by atoms with Crippen LogP contribution in [0.3, 0.4) is 0 Å². The highest BCUT2D eigenvalue weighted by atomic mass is 16.4. The Morgan fingerprint density at radius 3 is 2.41 bits per heavy atom. The summed E-state index contributed by atoms with van der Waals surface area (Å²) in [5.74, 6) is -2.20. The molecule has 0 aliphatic rings. The fourth-order valence-electron chi connectivity index (χ4n) is 2.13. The van der Waals surface area contributed by atoms with E-state index in [1.165, 1.54) is 4.68 Å². The number of aromatic nitrogens is 2. The van der Waals surface area contributed by atoms with Crippen LogP contribution in [0.4, 0.5) is 5.69 Å². The Morgan fingerprint density at radius 2 is 1.82 bits per heavy atom. The van der Waals surface area contributed by atoms with Gasteiger partial charge in [-0.15, -0.1) is 0 Å². The highest BCUT2D eigenvalue weighted by Gasteiger charge is 2.16. The van der Waals surface area contributed by atoms with Crippen molar-refractivity contribution in [2.75, 3.05) is 5.32 Å². The van der Waals surface area contributed by atoms with Crippen molar-refractivity contribution in [3.8, 4) is 5.69 Å². The van der Waals surface area contributed by atoms with Gasteiger partial charge in [-0.2, -0.15) is 0 Å². The third-order valence-electron chi connectivity index (χ3n) is 3.11. The molecule has 7 nitrogen and oxygen atoms in total. The molecule has 1 heterocycles. The zero-order valence-corrected chi connectivity index (χ0v) is 12.1. The summed E-state index contributed by atoms with van der Waals surface area (Å²) in [5.41, 5.74) is 1.01. The average molecular weight is 300 g/mol. The zero-order chi connectivity index (χ0) is 16.3. The number of rotatable bonds is 4. The number of amides is 1. The fourth-order valence-corrected chi connectivity index (χ4v) is 2.13. The van der Waals surface area contributed by atoms with Crippen molar-refractivity contribution < 1.29 is 14.7 Å². The average Bonchev–Trinajstić information content (AvgIpc) is 2.70. The van der Waals surface area contributed by atoms with E-state index in [4.69, 9.17) is 0 Å². The van der Waals surface area contributed by atoms with Crippen molar-refractivity contribution in [1.82, 2.24) is 9.36 Å². The van der Waals surface area contributed by atoms with Gasteiger partial charge >= 0.3 is 0 Å². The molecule has 0 spiro atoms. The SMILES string of the molecule is Cc1c(NC(=O)C=CC(=O)[O-])c(=O)n(C)n1-c1ccccc1. The first-order chi connectivity index (χ1) is 10.4. The van der Waals surface area contributed by atoms with Crippen LogP contribution in [0.15, 0.2) is 47.3 Å². The minimum Gasteiger partial charge on any atom is -0.545 e. The number of hydrogen-bond donors (Lipinski definition) is 1. The van der Waals surface area contributed by atoms with Crippen LogP contribution in [0.1, 0.15) is 5.69 Å². The van der Waals surface area contributed by atoms with E-state index >= 15 is 0 Å². The predicted molar refractivity (Wildman–Crippen MR) is 78.5 cm³/mol. The largest absolute Gasteiger partial charge is 0.545 e. The molecule has 1 aromatic carbocycles. The van der Waals surface area contributed by atoms with Gasteiger partial charge in [0.05, 0.1) is 17.4 Å². The first-order valence-electron chi connectivity index (χ1n) is 6.46. The molecular formula is C15H14N3O4-. The van der Waals surface area contributed by atoms with Gasteiger partial charge in [0.1, 0.15) is 5.69 Å². The predicted octanol–water partition coefficient (Wildman–Crippen LogP) is -0.271. The molecule has 22 heavy (non-hydrogen) atoms. The van der Waals surface area contributed by atoms with Gasteiger partial charge in [-0.3, -0.25) is 14.3 Å². The number of carbonyl (C=O) groups excluding carboxylic acids is 2. The highest BCUT2D eigenvalue weighted by molar-refractivity contribution is 6.02. The van der Waals surface area contributed by atoms with Crippen LogP contribution in [0.25, 0.3) is 5.69 Å². The van der Waals surface area contributed by atoms with Gasteiger partial charge < -0.3 is 15.2 Å². The van der Waals surface area contributed by atoms with Crippen molar-refractivity contribution in [3.63, 3.8) is 0 Å². The molecular weight excluding hydrogens is 286 g/mol. The second-order valence-electron chi connectivity index (χ2n) is 4.58. The lowest BCUT2D eigenvalue weighted by Gasteiger charge is -2.09. The maximum Gasteiger partial charge on any atom is 0.290 e. The molecule has 0 atom stereocenters. The van der Waals surface area contributed by atoms with Crippen LogP contribution in [0, 0.1) is 6.92 Å². The van der Waals surface area contributed by atoms with Gasteiger partial charge in [0, 0.05) is 13.1 Å². The smallest absolute Gasteiger partial charge is 0.290 e. The third kappa shape index (κ3) is 2.98. The highest BCUT2D eigenvalue weighted by Crippen LogP contribution is 2.16. The Hall–Kier alpha value is -3.09. The van der Waals surface area contributed by atoms with Crippen molar-refractivity contribution in [3.05, 3.63) is 58.5 Å². The van der Waals surface area contributed by atoms with E-state index in [0.717, 1.165) is 11.8 Å². The van der Waals surface area contributed by atoms with Crippen molar-refractivity contribution in [2.24, 2.45) is 7.05 Å². The Morgan fingerprint density at radius 1 is 1.18 bits per heavy atom. The zero-order valence-electron chi connectivity index (χ0n) is 12.1. The topological polar surface area (TPSA) is 96.2 Å². The minimum absolute atomic E-state index is 0.0966. The lowest BCUT2D eigenvalue weighted by molar-refractivity contribution is -0.297. The summed E-state index contributed by atoms with van der Waals surface area (Å²) in [6, 6.07) is 9.18. The summed E-state index contributed by atoms with van der Waals surface area (Å²) in [6.07, 6.45) is 1.40. The molecule has 2 aromatic rings. The number of carbonyl (C=O) groups is 2. The third-order valence-corrected chi connectivity index (χ3v) is 3.11. The molecule has 1 N–H and O–H groups in total. The van der Waals surface area contributed by atoms with Gasteiger partial charge in [0.2, 0.25) is 5.91 Å². The summed E-state index contributed by atoms with van der Waals surface area (Å²) in [6.45, 7) is 1.69. The van der Waals surface area contributed by atoms with E-state index in [-0.39, 0.29) is 5.69 Å². The second-order valence-corrected chi connectivity index (χ2v) is 4.58. The molecule has 114 valence electrons.